The molecular formula is C10H15NO3. The van der Waals surface area contributed by atoms with Crippen LogP contribution in [0.2, 0.25) is 0 Å². The van der Waals surface area contributed by atoms with Gasteiger partial charge in [-0.1, -0.05) is 6.42 Å². The summed E-state index contributed by atoms with van der Waals surface area (Å²) < 4.78 is 0. The highest BCUT2D eigenvalue weighted by molar-refractivity contribution is 5.83. The van der Waals surface area contributed by atoms with E-state index in [2.05, 4.69) is 0 Å². The van der Waals surface area contributed by atoms with Gasteiger partial charge >= 0.3 is 5.97 Å². The first kappa shape index (κ1) is 9.49. The van der Waals surface area contributed by atoms with Gasteiger partial charge in [0.25, 0.3) is 0 Å². The number of likely N-dealkylation sites (tertiary alicyclic amines) is 1. The Bertz CT molecular complexity index is 277. The van der Waals surface area contributed by atoms with Gasteiger partial charge in [-0.15, -0.1) is 0 Å². The second kappa shape index (κ2) is 3.26. The van der Waals surface area contributed by atoms with Crippen molar-refractivity contribution in [3.05, 3.63) is 0 Å². The zero-order valence-electron chi connectivity index (χ0n) is 8.27. The summed E-state index contributed by atoms with van der Waals surface area (Å²) in [5.41, 5.74) is 0. The third kappa shape index (κ3) is 1.29. The Morgan fingerprint density at radius 3 is 2.64 bits per heavy atom. The molecular weight excluding hydrogens is 182 g/mol. The summed E-state index contributed by atoms with van der Waals surface area (Å²) in [5.74, 6) is -0.513. The maximum Gasteiger partial charge on any atom is 0.326 e. The largest absolute Gasteiger partial charge is 0.480 e. The van der Waals surface area contributed by atoms with Gasteiger partial charge < -0.3 is 10.0 Å². The Balaban J connectivity index is 2.21. The first-order valence-electron chi connectivity index (χ1n) is 5.13. The molecule has 0 radical (unpaired) electrons. The fourth-order valence-corrected chi connectivity index (χ4v) is 2.96. The summed E-state index contributed by atoms with van der Waals surface area (Å²) in [5, 5.41) is 8.99. The molecule has 0 aromatic rings. The van der Waals surface area contributed by atoms with Crippen molar-refractivity contribution in [3.63, 3.8) is 0 Å². The van der Waals surface area contributed by atoms with Crippen LogP contribution in [0.15, 0.2) is 0 Å². The van der Waals surface area contributed by atoms with E-state index < -0.39 is 12.0 Å². The van der Waals surface area contributed by atoms with Gasteiger partial charge in [0, 0.05) is 13.0 Å². The van der Waals surface area contributed by atoms with Crippen molar-refractivity contribution in [2.45, 2.75) is 44.7 Å². The van der Waals surface area contributed by atoms with Crippen molar-refractivity contribution in [3.8, 4) is 0 Å². The summed E-state index contributed by atoms with van der Waals surface area (Å²) in [6, 6.07) is -0.364. The summed E-state index contributed by atoms with van der Waals surface area (Å²) in [7, 11) is 0. The van der Waals surface area contributed by atoms with Crippen LogP contribution < -0.4 is 0 Å². The highest BCUT2D eigenvalue weighted by Gasteiger charge is 2.47. The van der Waals surface area contributed by atoms with Crippen molar-refractivity contribution < 1.29 is 14.7 Å². The second-order valence-corrected chi connectivity index (χ2v) is 4.27. The third-order valence-corrected chi connectivity index (χ3v) is 3.49. The topological polar surface area (TPSA) is 57.6 Å². The van der Waals surface area contributed by atoms with Crippen LogP contribution in [0.1, 0.15) is 32.6 Å². The first-order valence-corrected chi connectivity index (χ1v) is 5.13. The number of fused-ring (bicyclic) bond motifs is 1. The van der Waals surface area contributed by atoms with Crippen molar-refractivity contribution in [2.24, 2.45) is 5.92 Å². The highest BCUT2D eigenvalue weighted by Crippen LogP contribution is 2.41. The van der Waals surface area contributed by atoms with E-state index in [1.807, 2.05) is 0 Å². The smallest absolute Gasteiger partial charge is 0.326 e. The number of carbonyl (C=O) groups excluding carboxylic acids is 1. The second-order valence-electron chi connectivity index (χ2n) is 4.27. The molecule has 0 aromatic carbocycles. The maximum atomic E-state index is 11.4. The molecule has 0 spiro atoms. The molecule has 1 aliphatic carbocycles. The van der Waals surface area contributed by atoms with Crippen LogP contribution in [0.25, 0.3) is 0 Å². The first-order chi connectivity index (χ1) is 6.61. The van der Waals surface area contributed by atoms with Gasteiger partial charge in [-0.2, -0.15) is 0 Å². The molecule has 1 heterocycles. The van der Waals surface area contributed by atoms with Gasteiger partial charge in [0.1, 0.15) is 6.04 Å². The van der Waals surface area contributed by atoms with Crippen LogP contribution in [0.4, 0.5) is 0 Å². The number of nitrogens with zero attached hydrogens (tertiary/aromatic N) is 1. The van der Waals surface area contributed by atoms with Crippen LogP contribution in [0.5, 0.6) is 0 Å². The third-order valence-electron chi connectivity index (χ3n) is 3.49. The van der Waals surface area contributed by atoms with Crippen LogP contribution in [0.3, 0.4) is 0 Å². The zero-order valence-corrected chi connectivity index (χ0v) is 8.27. The molecule has 4 heteroatoms. The van der Waals surface area contributed by atoms with E-state index in [0.717, 1.165) is 19.3 Å². The Morgan fingerprint density at radius 1 is 1.36 bits per heavy atom. The fourth-order valence-electron chi connectivity index (χ4n) is 2.96. The van der Waals surface area contributed by atoms with E-state index in [1.165, 1.54) is 6.92 Å². The van der Waals surface area contributed by atoms with E-state index >= 15 is 0 Å². The molecule has 2 fully saturated rings. The maximum absolute atomic E-state index is 11.4. The summed E-state index contributed by atoms with van der Waals surface area (Å²) in [6.45, 7) is 1.47. The molecule has 78 valence electrons. The van der Waals surface area contributed by atoms with E-state index in [-0.39, 0.29) is 11.9 Å². The van der Waals surface area contributed by atoms with Crippen LogP contribution >= 0.6 is 0 Å². The SMILES string of the molecule is CC(=O)N1[C@@H](C(=O)O)C[C@H]2CCC[C@H]21. The van der Waals surface area contributed by atoms with E-state index in [9.17, 15) is 9.59 Å². The predicted molar refractivity (Wildman–Crippen MR) is 49.7 cm³/mol. The fraction of sp³-hybridized carbons (Fsp3) is 0.800. The molecule has 1 saturated carbocycles. The van der Waals surface area contributed by atoms with Crippen LogP contribution in [0, 0.1) is 5.92 Å². The average Bonchev–Trinajstić information content (AvgIpc) is 2.58. The number of amides is 1. The molecule has 14 heavy (non-hydrogen) atoms. The summed E-state index contributed by atoms with van der Waals surface area (Å²) >= 11 is 0. The highest BCUT2D eigenvalue weighted by atomic mass is 16.4. The minimum Gasteiger partial charge on any atom is -0.480 e. The number of carbonyl (C=O) groups is 2. The summed E-state index contributed by atoms with van der Waals surface area (Å²) in [6.07, 6.45) is 3.84. The number of aliphatic carboxylic acids is 1. The monoisotopic (exact) mass is 197 g/mol. The Kier molecular flexibility index (Phi) is 2.21. The van der Waals surface area contributed by atoms with Crippen LogP contribution in [-0.4, -0.2) is 34.0 Å². The normalized spacial score (nSPS) is 35.8. The van der Waals surface area contributed by atoms with Gasteiger partial charge in [-0.25, -0.2) is 4.79 Å². The number of rotatable bonds is 1. The lowest BCUT2D eigenvalue weighted by Gasteiger charge is -2.26. The van der Waals surface area contributed by atoms with Gasteiger partial charge in [-0.05, 0) is 25.2 Å². The molecule has 1 N–H and O–H groups in total. The number of hydrogen-bond acceptors (Lipinski definition) is 2. The summed E-state index contributed by atoms with van der Waals surface area (Å²) in [4.78, 5) is 23.9. The lowest BCUT2D eigenvalue weighted by molar-refractivity contribution is -0.148. The molecule has 1 amide bonds. The predicted octanol–water partition coefficient (Wildman–Crippen LogP) is 0.860. The van der Waals surface area contributed by atoms with Gasteiger partial charge in [0.15, 0.2) is 0 Å². The molecule has 0 aromatic heterocycles. The minimum atomic E-state index is -0.852. The molecule has 4 nitrogen and oxygen atoms in total. The Hall–Kier alpha value is -1.06. The van der Waals surface area contributed by atoms with Crippen molar-refractivity contribution in [2.75, 3.05) is 0 Å². The van der Waals surface area contributed by atoms with Crippen molar-refractivity contribution in [1.29, 1.82) is 0 Å². The molecule has 3 atom stereocenters. The van der Waals surface area contributed by atoms with E-state index in [1.54, 1.807) is 4.90 Å². The minimum absolute atomic E-state index is 0.0909. The quantitative estimate of drug-likeness (QED) is 0.678. The molecule has 0 unspecified atom stereocenters. The number of carboxylic acid groups (broad SMARTS) is 1. The van der Waals surface area contributed by atoms with Gasteiger partial charge in [0.2, 0.25) is 5.91 Å². The van der Waals surface area contributed by atoms with Gasteiger partial charge in [-0.3, -0.25) is 4.79 Å². The standard InChI is InChI=1S/C10H15NO3/c1-6(12)11-8-4-2-3-7(8)5-9(11)10(13)14/h7-9H,2-5H2,1H3,(H,13,14)/t7-,8-,9-/m1/s1. The average molecular weight is 197 g/mol. The molecule has 2 rings (SSSR count). The molecule has 1 saturated heterocycles. The van der Waals surface area contributed by atoms with E-state index in [4.69, 9.17) is 5.11 Å². The lowest BCUT2D eigenvalue weighted by Crippen LogP contribution is -2.43. The zero-order chi connectivity index (χ0) is 10.3. The molecule has 2 aliphatic rings. The van der Waals surface area contributed by atoms with Crippen molar-refractivity contribution >= 4 is 11.9 Å². The lowest BCUT2D eigenvalue weighted by atomic mass is 10.0. The number of carboxylic acids is 1. The van der Waals surface area contributed by atoms with Crippen LogP contribution in [-0.2, 0) is 9.59 Å². The van der Waals surface area contributed by atoms with Crippen molar-refractivity contribution in [1.82, 2.24) is 4.90 Å². The van der Waals surface area contributed by atoms with Gasteiger partial charge in [0.05, 0.1) is 0 Å². The Morgan fingerprint density at radius 2 is 2.07 bits per heavy atom. The number of hydrogen-bond donors (Lipinski definition) is 1. The molecule has 0 bridgehead atoms. The molecule has 1 aliphatic heterocycles. The van der Waals surface area contributed by atoms with E-state index in [0.29, 0.717) is 12.3 Å². The Labute approximate surface area is 82.9 Å².